The standard InChI is InChI=1S/C22H21NO/c1-2-22(24)14-17-23(18-15-22)16-13-21(19-9-5-3-6-10-19)20-11-7-4-8-12-20/h1,3-14,17,24H,15-16,18H2. The largest absolute Gasteiger partial charge is 0.374 e. The molecule has 2 heteroatoms. The fourth-order valence-electron chi connectivity index (χ4n) is 2.82. The fraction of sp³-hybridized carbons (Fsp3) is 0.182. The summed E-state index contributed by atoms with van der Waals surface area (Å²) in [5, 5.41) is 10.1. The van der Waals surface area contributed by atoms with Gasteiger partial charge in [0.15, 0.2) is 0 Å². The van der Waals surface area contributed by atoms with Gasteiger partial charge in [-0.2, -0.15) is 0 Å². The van der Waals surface area contributed by atoms with Gasteiger partial charge in [0.2, 0.25) is 0 Å². The topological polar surface area (TPSA) is 23.5 Å². The molecule has 0 aromatic heterocycles. The van der Waals surface area contributed by atoms with Gasteiger partial charge in [-0.15, -0.1) is 6.42 Å². The third-order valence-electron chi connectivity index (χ3n) is 4.29. The fourth-order valence-corrected chi connectivity index (χ4v) is 2.82. The van der Waals surface area contributed by atoms with Crippen LogP contribution in [0, 0.1) is 12.3 Å². The molecule has 0 spiro atoms. The smallest absolute Gasteiger partial charge is 0.147 e. The molecule has 0 amide bonds. The predicted octanol–water partition coefficient (Wildman–Crippen LogP) is 3.70. The summed E-state index contributed by atoms with van der Waals surface area (Å²) in [6.45, 7) is 1.51. The van der Waals surface area contributed by atoms with Crippen LogP contribution in [0.4, 0.5) is 0 Å². The molecule has 1 heterocycles. The first-order chi connectivity index (χ1) is 11.7. The Morgan fingerprint density at radius 1 is 1.08 bits per heavy atom. The highest BCUT2D eigenvalue weighted by Gasteiger charge is 2.24. The van der Waals surface area contributed by atoms with Crippen LogP contribution in [0.5, 0.6) is 0 Å². The normalized spacial score (nSPS) is 19.6. The maximum atomic E-state index is 10.1. The molecule has 1 atom stereocenters. The van der Waals surface area contributed by atoms with Crippen molar-refractivity contribution < 1.29 is 5.11 Å². The van der Waals surface area contributed by atoms with E-state index in [-0.39, 0.29) is 0 Å². The molecule has 0 saturated carbocycles. The second kappa shape index (κ2) is 7.21. The molecule has 0 saturated heterocycles. The van der Waals surface area contributed by atoms with Gasteiger partial charge in [0.1, 0.15) is 5.60 Å². The SMILES string of the molecule is C#CC1(O)C=CN(CC=C(c2ccccc2)c2ccccc2)CC1. The molecular weight excluding hydrogens is 294 g/mol. The lowest BCUT2D eigenvalue weighted by Crippen LogP contribution is -2.35. The van der Waals surface area contributed by atoms with E-state index in [0.717, 1.165) is 13.1 Å². The van der Waals surface area contributed by atoms with Crippen LogP contribution >= 0.6 is 0 Å². The lowest BCUT2D eigenvalue weighted by Gasteiger charge is -2.30. The Hall–Kier alpha value is -2.76. The Labute approximate surface area is 143 Å². The average Bonchev–Trinajstić information content (AvgIpc) is 2.65. The van der Waals surface area contributed by atoms with Crippen molar-refractivity contribution in [2.24, 2.45) is 0 Å². The first-order valence-electron chi connectivity index (χ1n) is 8.15. The van der Waals surface area contributed by atoms with Crippen molar-refractivity contribution in [3.05, 3.63) is 90.1 Å². The third kappa shape index (κ3) is 3.76. The molecule has 0 radical (unpaired) electrons. The zero-order valence-corrected chi connectivity index (χ0v) is 13.6. The van der Waals surface area contributed by atoms with Crippen LogP contribution in [0.2, 0.25) is 0 Å². The van der Waals surface area contributed by atoms with Crippen molar-refractivity contribution in [3.8, 4) is 12.3 Å². The van der Waals surface area contributed by atoms with Gasteiger partial charge < -0.3 is 10.0 Å². The van der Waals surface area contributed by atoms with E-state index in [1.54, 1.807) is 6.08 Å². The van der Waals surface area contributed by atoms with Crippen LogP contribution in [-0.2, 0) is 0 Å². The van der Waals surface area contributed by atoms with Gasteiger partial charge in [-0.1, -0.05) is 72.7 Å². The van der Waals surface area contributed by atoms with Gasteiger partial charge in [-0.3, -0.25) is 0 Å². The Morgan fingerprint density at radius 2 is 1.67 bits per heavy atom. The molecule has 2 aromatic carbocycles. The van der Waals surface area contributed by atoms with Crippen LogP contribution < -0.4 is 0 Å². The van der Waals surface area contributed by atoms with Crippen LogP contribution in [0.15, 0.2) is 79.0 Å². The number of hydrogen-bond donors (Lipinski definition) is 1. The van der Waals surface area contributed by atoms with E-state index in [1.807, 2.05) is 18.3 Å². The summed E-state index contributed by atoms with van der Waals surface area (Å²) in [4.78, 5) is 2.16. The summed E-state index contributed by atoms with van der Waals surface area (Å²) >= 11 is 0. The molecule has 2 aromatic rings. The van der Waals surface area contributed by atoms with Crippen LogP contribution in [0.3, 0.4) is 0 Å². The minimum absolute atomic E-state index is 0.555. The summed E-state index contributed by atoms with van der Waals surface area (Å²) in [6, 6.07) is 20.8. The monoisotopic (exact) mass is 315 g/mol. The second-order valence-electron chi connectivity index (χ2n) is 5.98. The number of nitrogens with zero attached hydrogens (tertiary/aromatic N) is 1. The molecule has 0 fully saturated rings. The van der Waals surface area contributed by atoms with Crippen molar-refractivity contribution in [1.29, 1.82) is 0 Å². The highest BCUT2D eigenvalue weighted by Crippen LogP contribution is 2.24. The Bertz CT molecular complexity index is 729. The molecule has 3 rings (SSSR count). The number of benzene rings is 2. The van der Waals surface area contributed by atoms with E-state index in [2.05, 4.69) is 65.4 Å². The minimum atomic E-state index is -1.10. The van der Waals surface area contributed by atoms with Crippen molar-refractivity contribution in [2.45, 2.75) is 12.0 Å². The highest BCUT2D eigenvalue weighted by molar-refractivity contribution is 5.79. The summed E-state index contributed by atoms with van der Waals surface area (Å²) in [5.74, 6) is 2.44. The summed E-state index contributed by atoms with van der Waals surface area (Å²) < 4.78 is 0. The van der Waals surface area contributed by atoms with E-state index >= 15 is 0 Å². The Balaban J connectivity index is 1.84. The first-order valence-corrected chi connectivity index (χ1v) is 8.15. The molecule has 0 aliphatic carbocycles. The molecule has 120 valence electrons. The molecule has 1 aliphatic rings. The van der Waals surface area contributed by atoms with Crippen LogP contribution in [0.1, 0.15) is 17.5 Å². The zero-order valence-electron chi connectivity index (χ0n) is 13.6. The van der Waals surface area contributed by atoms with E-state index in [4.69, 9.17) is 6.42 Å². The number of aliphatic hydroxyl groups is 1. The summed E-state index contributed by atoms with van der Waals surface area (Å²) in [5.41, 5.74) is 2.51. The quantitative estimate of drug-likeness (QED) is 0.870. The van der Waals surface area contributed by atoms with Gasteiger partial charge in [-0.25, -0.2) is 0 Å². The van der Waals surface area contributed by atoms with Gasteiger partial charge in [0.25, 0.3) is 0 Å². The molecule has 0 bridgehead atoms. The number of rotatable bonds is 4. The third-order valence-corrected chi connectivity index (χ3v) is 4.29. The zero-order chi connectivity index (χ0) is 16.8. The van der Waals surface area contributed by atoms with Crippen molar-refractivity contribution in [3.63, 3.8) is 0 Å². The van der Waals surface area contributed by atoms with Gasteiger partial charge in [0.05, 0.1) is 0 Å². The molecule has 1 unspecified atom stereocenters. The van der Waals surface area contributed by atoms with E-state index < -0.39 is 5.60 Å². The van der Waals surface area contributed by atoms with E-state index in [0.29, 0.717) is 6.42 Å². The lowest BCUT2D eigenvalue weighted by molar-refractivity contribution is 0.118. The molecular formula is C22H21NO. The average molecular weight is 315 g/mol. The highest BCUT2D eigenvalue weighted by atomic mass is 16.3. The van der Waals surface area contributed by atoms with E-state index in [1.165, 1.54) is 16.7 Å². The Kier molecular flexibility index (Phi) is 4.84. The van der Waals surface area contributed by atoms with Crippen molar-refractivity contribution in [1.82, 2.24) is 4.90 Å². The molecule has 1 aliphatic heterocycles. The Morgan fingerprint density at radius 3 is 2.12 bits per heavy atom. The maximum absolute atomic E-state index is 10.1. The number of terminal acetylenes is 1. The molecule has 24 heavy (non-hydrogen) atoms. The first kappa shape index (κ1) is 16.1. The van der Waals surface area contributed by atoms with E-state index in [9.17, 15) is 5.11 Å². The summed E-state index contributed by atoms with van der Waals surface area (Å²) in [6.07, 6.45) is 11.8. The van der Waals surface area contributed by atoms with Gasteiger partial charge in [-0.05, 0) is 29.0 Å². The van der Waals surface area contributed by atoms with Crippen molar-refractivity contribution >= 4 is 5.57 Å². The predicted molar refractivity (Wildman–Crippen MR) is 99.1 cm³/mol. The lowest BCUT2D eigenvalue weighted by atomic mass is 9.96. The van der Waals surface area contributed by atoms with Gasteiger partial charge >= 0.3 is 0 Å². The second-order valence-corrected chi connectivity index (χ2v) is 5.98. The van der Waals surface area contributed by atoms with Crippen molar-refractivity contribution in [2.75, 3.05) is 13.1 Å². The summed E-state index contributed by atoms with van der Waals surface area (Å²) in [7, 11) is 0. The molecule has 1 N–H and O–H groups in total. The van der Waals surface area contributed by atoms with Crippen LogP contribution in [0.25, 0.3) is 5.57 Å². The maximum Gasteiger partial charge on any atom is 0.147 e. The van der Waals surface area contributed by atoms with Gasteiger partial charge in [0, 0.05) is 19.5 Å². The molecule has 2 nitrogen and oxygen atoms in total. The number of hydrogen-bond acceptors (Lipinski definition) is 2. The minimum Gasteiger partial charge on any atom is -0.374 e. The van der Waals surface area contributed by atoms with Crippen LogP contribution in [-0.4, -0.2) is 28.7 Å².